The van der Waals surface area contributed by atoms with Gasteiger partial charge in [0, 0.05) is 39.3 Å². The van der Waals surface area contributed by atoms with Crippen molar-refractivity contribution in [1.82, 2.24) is 4.57 Å². The predicted octanol–water partition coefficient (Wildman–Crippen LogP) is 13.0. The third-order valence-electron chi connectivity index (χ3n) is 9.63. The molecule has 50 heavy (non-hydrogen) atoms. The smallest absolute Gasteiger partial charge is 0.172 e. The number of rotatable bonds is 5. The van der Waals surface area contributed by atoms with Crippen molar-refractivity contribution in [2.24, 2.45) is 0 Å². The van der Waals surface area contributed by atoms with E-state index in [2.05, 4.69) is 167 Å². The molecule has 1 aromatic heterocycles. The fraction of sp³-hybridized carbons (Fsp3) is 0. The molecule has 236 valence electrons. The molecular weight excluding hydrogens is 613 g/mol. The zero-order valence-corrected chi connectivity index (χ0v) is 27.0. The molecule has 8 aromatic carbocycles. The number of benzene rings is 8. The Bertz CT molecular complexity index is 2690. The summed E-state index contributed by atoms with van der Waals surface area (Å²) in [5.74, 6) is 2.89. The Labute approximate surface area is 289 Å². The number of fused-ring (bicyclic) bond motifs is 6. The van der Waals surface area contributed by atoms with Gasteiger partial charge < -0.3 is 18.9 Å². The molecule has 4 heteroatoms. The number of hydrogen-bond donors (Lipinski definition) is 0. The molecule has 0 aliphatic carbocycles. The molecule has 10 rings (SSSR count). The van der Waals surface area contributed by atoms with E-state index >= 15 is 0 Å². The normalized spacial score (nSPS) is 11.9. The molecule has 0 amide bonds. The van der Waals surface area contributed by atoms with Crippen LogP contribution in [0.1, 0.15) is 0 Å². The first-order valence-corrected chi connectivity index (χ1v) is 16.8. The van der Waals surface area contributed by atoms with Crippen LogP contribution in [0.5, 0.6) is 23.0 Å². The molecule has 0 bridgehead atoms. The van der Waals surface area contributed by atoms with E-state index in [1.165, 1.54) is 16.2 Å². The predicted molar refractivity (Wildman–Crippen MR) is 205 cm³/mol. The second kappa shape index (κ2) is 11.4. The van der Waals surface area contributed by atoms with Gasteiger partial charge in [0.05, 0.1) is 16.7 Å². The van der Waals surface area contributed by atoms with E-state index < -0.39 is 0 Å². The topological polar surface area (TPSA) is 26.6 Å². The highest BCUT2D eigenvalue weighted by molar-refractivity contribution is 6.10. The van der Waals surface area contributed by atoms with E-state index in [-0.39, 0.29) is 0 Å². The molecule has 4 nitrogen and oxygen atoms in total. The van der Waals surface area contributed by atoms with E-state index in [4.69, 9.17) is 9.47 Å². The molecule has 9 aromatic rings. The van der Waals surface area contributed by atoms with Gasteiger partial charge in [0.1, 0.15) is 0 Å². The maximum atomic E-state index is 6.31. The van der Waals surface area contributed by atoms with E-state index in [1.54, 1.807) is 0 Å². The molecule has 0 saturated carbocycles. The van der Waals surface area contributed by atoms with Gasteiger partial charge in [-0.2, -0.15) is 0 Å². The van der Waals surface area contributed by atoms with Gasteiger partial charge in [-0.15, -0.1) is 0 Å². The highest BCUT2D eigenvalue weighted by atomic mass is 16.6. The third kappa shape index (κ3) is 4.61. The van der Waals surface area contributed by atoms with Gasteiger partial charge in [0.15, 0.2) is 23.0 Å². The Balaban J connectivity index is 1.02. The van der Waals surface area contributed by atoms with E-state index in [0.29, 0.717) is 5.75 Å². The summed E-state index contributed by atoms with van der Waals surface area (Å²) in [6.07, 6.45) is 0. The van der Waals surface area contributed by atoms with Crippen LogP contribution in [0.15, 0.2) is 182 Å². The van der Waals surface area contributed by atoms with Crippen molar-refractivity contribution in [2.45, 2.75) is 0 Å². The molecule has 0 spiro atoms. The Morgan fingerprint density at radius 1 is 0.380 bits per heavy atom. The quantitative estimate of drug-likeness (QED) is 0.187. The summed E-state index contributed by atoms with van der Waals surface area (Å²) in [6, 6.07) is 63.8. The van der Waals surface area contributed by atoms with Crippen LogP contribution in [0.4, 0.5) is 17.1 Å². The summed E-state index contributed by atoms with van der Waals surface area (Å²) < 4.78 is 14.9. The van der Waals surface area contributed by atoms with E-state index in [0.717, 1.165) is 67.5 Å². The molecule has 0 N–H and O–H groups in total. The van der Waals surface area contributed by atoms with Crippen molar-refractivity contribution in [3.63, 3.8) is 0 Å². The lowest BCUT2D eigenvalue weighted by atomic mass is 10.0. The van der Waals surface area contributed by atoms with Crippen LogP contribution >= 0.6 is 0 Å². The largest absolute Gasteiger partial charge is 0.449 e. The van der Waals surface area contributed by atoms with Crippen molar-refractivity contribution in [1.29, 1.82) is 0 Å². The molecule has 1 aliphatic rings. The average Bonchev–Trinajstić information content (AvgIpc) is 3.50. The minimum absolute atomic E-state index is 0.713. The van der Waals surface area contributed by atoms with Crippen LogP contribution in [0.2, 0.25) is 0 Å². The Morgan fingerprint density at radius 2 is 0.960 bits per heavy atom. The lowest BCUT2D eigenvalue weighted by Crippen LogP contribution is -2.10. The van der Waals surface area contributed by atoms with Crippen LogP contribution < -0.4 is 14.4 Å². The standard InChI is InChI=1S/C46H30N2O2/c1-2-13-34(14-3-1)47(40-18-10-12-33-11-4-5-15-37(33)40)35-25-21-31(22-26-35)32-23-27-36(28-24-32)48-41-17-7-6-16-38(41)39-29-45-46(30-42(39)48)50-44-20-9-8-19-43(44)49-45/h1-30H. The summed E-state index contributed by atoms with van der Waals surface area (Å²) >= 11 is 0. The first-order chi connectivity index (χ1) is 24.8. The van der Waals surface area contributed by atoms with Gasteiger partial charge in [-0.05, 0) is 83.2 Å². The maximum absolute atomic E-state index is 6.31. The van der Waals surface area contributed by atoms with Crippen LogP contribution in [0, 0.1) is 0 Å². The van der Waals surface area contributed by atoms with Crippen LogP contribution in [0.3, 0.4) is 0 Å². The third-order valence-corrected chi connectivity index (χ3v) is 9.63. The second-order valence-electron chi connectivity index (χ2n) is 12.6. The number of aromatic nitrogens is 1. The molecule has 0 fully saturated rings. The summed E-state index contributed by atoms with van der Waals surface area (Å²) in [7, 11) is 0. The van der Waals surface area contributed by atoms with Crippen molar-refractivity contribution in [3.8, 4) is 39.8 Å². The highest BCUT2D eigenvalue weighted by Gasteiger charge is 2.22. The first kappa shape index (κ1) is 28.3. The van der Waals surface area contributed by atoms with E-state index in [1.807, 2.05) is 24.3 Å². The van der Waals surface area contributed by atoms with Crippen molar-refractivity contribution >= 4 is 49.6 Å². The SMILES string of the molecule is c1ccc(N(c2ccc(-c3ccc(-n4c5ccccc5c5cc6c(cc54)Oc4ccccc4O6)cc3)cc2)c2cccc3ccccc23)cc1. The Morgan fingerprint density at radius 3 is 1.72 bits per heavy atom. The maximum Gasteiger partial charge on any atom is 0.172 e. The minimum atomic E-state index is 0.713. The zero-order valence-electron chi connectivity index (χ0n) is 27.0. The molecule has 0 unspecified atom stereocenters. The lowest BCUT2D eigenvalue weighted by molar-refractivity contribution is 0.360. The average molecular weight is 643 g/mol. The summed E-state index contributed by atoms with van der Waals surface area (Å²) in [4.78, 5) is 2.34. The minimum Gasteiger partial charge on any atom is -0.449 e. The number of ether oxygens (including phenoxy) is 2. The first-order valence-electron chi connectivity index (χ1n) is 16.8. The number of anilines is 3. The van der Waals surface area contributed by atoms with Crippen molar-refractivity contribution < 1.29 is 9.47 Å². The zero-order chi connectivity index (χ0) is 33.0. The van der Waals surface area contributed by atoms with Gasteiger partial charge in [0.2, 0.25) is 0 Å². The number of hydrogen-bond acceptors (Lipinski definition) is 3. The summed E-state index contributed by atoms with van der Waals surface area (Å²) in [5, 5.41) is 4.72. The van der Waals surface area contributed by atoms with Gasteiger partial charge in [-0.1, -0.05) is 109 Å². The number of para-hydroxylation sites is 4. The van der Waals surface area contributed by atoms with Crippen molar-refractivity contribution in [3.05, 3.63) is 182 Å². The van der Waals surface area contributed by atoms with Gasteiger partial charge >= 0.3 is 0 Å². The Kier molecular flexibility index (Phi) is 6.46. The molecule has 0 atom stereocenters. The molecule has 0 saturated heterocycles. The fourth-order valence-electron chi connectivity index (χ4n) is 7.28. The van der Waals surface area contributed by atoms with Crippen LogP contribution in [0.25, 0.3) is 49.4 Å². The van der Waals surface area contributed by atoms with E-state index in [9.17, 15) is 0 Å². The second-order valence-corrected chi connectivity index (χ2v) is 12.6. The van der Waals surface area contributed by atoms with Crippen LogP contribution in [-0.4, -0.2) is 4.57 Å². The molecule has 1 aliphatic heterocycles. The fourth-order valence-corrected chi connectivity index (χ4v) is 7.28. The monoisotopic (exact) mass is 642 g/mol. The summed E-state index contributed by atoms with van der Waals surface area (Å²) in [6.45, 7) is 0. The molecule has 2 heterocycles. The lowest BCUT2D eigenvalue weighted by Gasteiger charge is -2.27. The highest BCUT2D eigenvalue weighted by Crippen LogP contribution is 2.48. The van der Waals surface area contributed by atoms with Crippen LogP contribution in [-0.2, 0) is 0 Å². The molecule has 0 radical (unpaired) electrons. The van der Waals surface area contributed by atoms with Gasteiger partial charge in [0.25, 0.3) is 0 Å². The van der Waals surface area contributed by atoms with Crippen molar-refractivity contribution in [2.75, 3.05) is 4.90 Å². The summed E-state index contributed by atoms with van der Waals surface area (Å²) in [5.41, 5.74) is 8.98. The van der Waals surface area contributed by atoms with Gasteiger partial charge in [-0.3, -0.25) is 0 Å². The Hall–Kier alpha value is -6.78. The van der Waals surface area contributed by atoms with Gasteiger partial charge in [-0.25, -0.2) is 0 Å². The molecular formula is C46H30N2O2. The number of nitrogens with zero attached hydrogens (tertiary/aromatic N) is 2.